The van der Waals surface area contributed by atoms with Gasteiger partial charge in [0.2, 0.25) is 0 Å². The van der Waals surface area contributed by atoms with Crippen LogP contribution in [0, 0.1) is 22.9 Å². The molecule has 0 unspecified atom stereocenters. The number of amides is 1. The van der Waals surface area contributed by atoms with Crippen LogP contribution in [0.1, 0.15) is 15.9 Å². The zero-order valence-corrected chi connectivity index (χ0v) is 14.0. The average molecular weight is 361 g/mol. The van der Waals surface area contributed by atoms with Gasteiger partial charge >= 0.3 is 5.97 Å². The highest BCUT2D eigenvalue weighted by molar-refractivity contribution is 5.96. The summed E-state index contributed by atoms with van der Waals surface area (Å²) in [5, 5.41) is 16.1. The molecule has 1 amide bonds. The number of rotatable bonds is 6. The summed E-state index contributed by atoms with van der Waals surface area (Å²) in [7, 11) is 1.51. The number of halogens is 1. The topological polar surface area (TPSA) is 111 Å². The highest BCUT2D eigenvalue weighted by Gasteiger charge is 2.18. The summed E-state index contributed by atoms with van der Waals surface area (Å²) < 4.78 is 18.1. The fourth-order valence-corrected chi connectivity index (χ4v) is 2.15. The quantitative estimate of drug-likeness (QED) is 0.465. The van der Waals surface area contributed by atoms with Crippen LogP contribution in [0.3, 0.4) is 0 Å². The lowest BCUT2D eigenvalue weighted by Gasteiger charge is -2.09. The summed E-state index contributed by atoms with van der Waals surface area (Å²) in [5.74, 6) is -2.06. The number of nitrogens with one attached hydrogen (secondary N) is 2. The molecule has 0 aliphatic rings. The van der Waals surface area contributed by atoms with Crippen LogP contribution in [-0.2, 0) is 9.53 Å². The number of ether oxygens (including phenoxy) is 1. The molecule has 136 valence electrons. The number of nitrogens with zero attached hydrogens (tertiary/aromatic N) is 1. The molecule has 8 nitrogen and oxygen atoms in total. The third kappa shape index (κ3) is 4.53. The Bertz CT molecular complexity index is 869. The van der Waals surface area contributed by atoms with Gasteiger partial charge in [0.05, 0.1) is 10.5 Å². The Kier molecular flexibility index (Phi) is 5.84. The summed E-state index contributed by atoms with van der Waals surface area (Å²) in [4.78, 5) is 34.2. The van der Waals surface area contributed by atoms with Crippen molar-refractivity contribution >= 4 is 28.9 Å². The molecular formula is C17H16FN3O5. The van der Waals surface area contributed by atoms with E-state index >= 15 is 0 Å². The number of hydrogen-bond acceptors (Lipinski definition) is 6. The van der Waals surface area contributed by atoms with Crippen molar-refractivity contribution in [3.05, 3.63) is 63.5 Å². The van der Waals surface area contributed by atoms with Crippen molar-refractivity contribution in [2.24, 2.45) is 0 Å². The van der Waals surface area contributed by atoms with E-state index in [1.54, 1.807) is 6.92 Å². The third-order valence-corrected chi connectivity index (χ3v) is 3.51. The maximum atomic E-state index is 13.2. The van der Waals surface area contributed by atoms with Crippen LogP contribution in [0.25, 0.3) is 0 Å². The molecule has 0 aliphatic carbocycles. The highest BCUT2D eigenvalue weighted by Crippen LogP contribution is 2.25. The first kappa shape index (κ1) is 18.8. The lowest BCUT2D eigenvalue weighted by molar-refractivity contribution is -0.384. The van der Waals surface area contributed by atoms with E-state index in [1.165, 1.54) is 31.3 Å². The van der Waals surface area contributed by atoms with E-state index in [2.05, 4.69) is 10.6 Å². The number of anilines is 2. The van der Waals surface area contributed by atoms with Gasteiger partial charge in [-0.25, -0.2) is 9.18 Å². The summed E-state index contributed by atoms with van der Waals surface area (Å²) in [5.41, 5.74) is 0.794. The van der Waals surface area contributed by atoms with Crippen molar-refractivity contribution in [1.82, 2.24) is 0 Å². The number of nitro groups is 1. The normalized spacial score (nSPS) is 10.1. The van der Waals surface area contributed by atoms with Crippen molar-refractivity contribution < 1.29 is 23.6 Å². The van der Waals surface area contributed by atoms with Gasteiger partial charge in [-0.05, 0) is 36.8 Å². The Balaban J connectivity index is 2.02. The largest absolute Gasteiger partial charge is 0.452 e. The van der Waals surface area contributed by atoms with Crippen molar-refractivity contribution in [3.63, 3.8) is 0 Å². The van der Waals surface area contributed by atoms with Crippen LogP contribution in [0.2, 0.25) is 0 Å². The van der Waals surface area contributed by atoms with Gasteiger partial charge in [0, 0.05) is 18.8 Å². The van der Waals surface area contributed by atoms with Gasteiger partial charge in [-0.3, -0.25) is 14.9 Å². The van der Waals surface area contributed by atoms with Crippen molar-refractivity contribution in [2.45, 2.75) is 6.92 Å². The molecule has 0 atom stereocenters. The van der Waals surface area contributed by atoms with Crippen LogP contribution in [0.4, 0.5) is 21.5 Å². The second kappa shape index (κ2) is 8.06. The number of aryl methyl sites for hydroxylation is 1. The molecule has 26 heavy (non-hydrogen) atoms. The molecule has 0 bridgehead atoms. The van der Waals surface area contributed by atoms with Gasteiger partial charge in [-0.1, -0.05) is 6.07 Å². The minimum absolute atomic E-state index is 0.0644. The van der Waals surface area contributed by atoms with E-state index in [-0.39, 0.29) is 22.6 Å². The van der Waals surface area contributed by atoms with Gasteiger partial charge in [-0.15, -0.1) is 0 Å². The van der Waals surface area contributed by atoms with Gasteiger partial charge < -0.3 is 15.4 Å². The first-order valence-electron chi connectivity index (χ1n) is 7.51. The summed E-state index contributed by atoms with van der Waals surface area (Å²) >= 11 is 0. The maximum absolute atomic E-state index is 13.2. The second-order valence-electron chi connectivity index (χ2n) is 5.32. The van der Waals surface area contributed by atoms with E-state index in [0.29, 0.717) is 5.56 Å². The number of carbonyl (C=O) groups excluding carboxylic acids is 2. The first-order chi connectivity index (χ1) is 12.3. The predicted molar refractivity (Wildman–Crippen MR) is 92.7 cm³/mol. The lowest BCUT2D eigenvalue weighted by atomic mass is 10.1. The fraction of sp³-hybridized carbons (Fsp3) is 0.176. The molecule has 2 aromatic rings. The van der Waals surface area contributed by atoms with Crippen LogP contribution < -0.4 is 10.6 Å². The van der Waals surface area contributed by atoms with E-state index in [0.717, 1.165) is 12.1 Å². The van der Waals surface area contributed by atoms with Gasteiger partial charge in [-0.2, -0.15) is 0 Å². The predicted octanol–water partition coefficient (Wildman–Crippen LogP) is 2.88. The minimum Gasteiger partial charge on any atom is -0.452 e. The molecular weight excluding hydrogens is 345 g/mol. The first-order valence-corrected chi connectivity index (χ1v) is 7.51. The van der Waals surface area contributed by atoms with Crippen LogP contribution in [0.15, 0.2) is 36.4 Å². The Hall–Kier alpha value is -3.49. The second-order valence-corrected chi connectivity index (χ2v) is 5.32. The van der Waals surface area contributed by atoms with E-state index in [1.807, 2.05) is 0 Å². The Morgan fingerprint density at radius 1 is 1.19 bits per heavy atom. The molecule has 0 aromatic heterocycles. The standard InChI is InChI=1S/C17H16FN3O5/c1-10-3-5-12(18)8-14(10)20-16(22)9-26-17(23)11-4-6-13(19-2)15(7-11)21(24)25/h3-8,19H,9H2,1-2H3,(H,20,22). The molecule has 0 heterocycles. The third-order valence-electron chi connectivity index (χ3n) is 3.51. The zero-order chi connectivity index (χ0) is 19.3. The SMILES string of the molecule is CNc1ccc(C(=O)OCC(=O)Nc2cc(F)ccc2C)cc1[N+](=O)[O-]. The molecule has 2 N–H and O–H groups in total. The molecule has 0 radical (unpaired) electrons. The molecule has 0 fully saturated rings. The maximum Gasteiger partial charge on any atom is 0.338 e. The highest BCUT2D eigenvalue weighted by atomic mass is 19.1. The molecule has 0 saturated heterocycles. The average Bonchev–Trinajstić information content (AvgIpc) is 2.62. The summed E-state index contributed by atoms with van der Waals surface area (Å²) in [6.07, 6.45) is 0. The number of nitro benzene ring substituents is 1. The number of carbonyl (C=O) groups is 2. The summed E-state index contributed by atoms with van der Waals surface area (Å²) in [6, 6.07) is 7.67. The molecule has 2 rings (SSSR count). The van der Waals surface area contributed by atoms with Crippen LogP contribution in [-0.4, -0.2) is 30.5 Å². The number of benzene rings is 2. The molecule has 0 saturated carbocycles. The van der Waals surface area contributed by atoms with Gasteiger partial charge in [0.15, 0.2) is 6.61 Å². The Morgan fingerprint density at radius 2 is 1.92 bits per heavy atom. The molecule has 0 aliphatic heterocycles. The lowest BCUT2D eigenvalue weighted by Crippen LogP contribution is -2.21. The molecule has 0 spiro atoms. The van der Waals surface area contributed by atoms with Crippen molar-refractivity contribution in [1.29, 1.82) is 0 Å². The molecule has 9 heteroatoms. The van der Waals surface area contributed by atoms with Crippen molar-refractivity contribution in [2.75, 3.05) is 24.3 Å². The van der Waals surface area contributed by atoms with E-state index < -0.39 is 29.2 Å². The minimum atomic E-state index is -0.887. The van der Waals surface area contributed by atoms with Gasteiger partial charge in [0.1, 0.15) is 11.5 Å². The Labute approximate surface area is 148 Å². The van der Waals surface area contributed by atoms with Gasteiger partial charge in [0.25, 0.3) is 11.6 Å². The number of esters is 1. The molecule has 2 aromatic carbocycles. The van der Waals surface area contributed by atoms with Crippen LogP contribution >= 0.6 is 0 Å². The summed E-state index contributed by atoms with van der Waals surface area (Å²) in [6.45, 7) is 1.07. The number of hydrogen-bond donors (Lipinski definition) is 2. The zero-order valence-electron chi connectivity index (χ0n) is 14.0. The van der Waals surface area contributed by atoms with E-state index in [4.69, 9.17) is 4.74 Å². The smallest absolute Gasteiger partial charge is 0.338 e. The van der Waals surface area contributed by atoms with Crippen molar-refractivity contribution in [3.8, 4) is 0 Å². The van der Waals surface area contributed by atoms with E-state index in [9.17, 15) is 24.1 Å². The monoisotopic (exact) mass is 361 g/mol. The Morgan fingerprint density at radius 3 is 2.58 bits per heavy atom. The fourth-order valence-electron chi connectivity index (χ4n) is 2.15. The van der Waals surface area contributed by atoms with Crippen LogP contribution in [0.5, 0.6) is 0 Å².